The van der Waals surface area contributed by atoms with Crippen LogP contribution in [-0.2, 0) is 4.74 Å². The van der Waals surface area contributed by atoms with Crippen LogP contribution in [0.4, 0.5) is 0 Å². The van der Waals surface area contributed by atoms with Crippen molar-refractivity contribution in [3.05, 3.63) is 0 Å². The number of hydrogen-bond acceptors (Lipinski definition) is 1. The van der Waals surface area contributed by atoms with Crippen LogP contribution in [0, 0.1) is 0 Å². The first kappa shape index (κ1) is 44.4. The molecule has 0 saturated carbocycles. The van der Waals surface area contributed by atoms with Gasteiger partial charge >= 0.3 is 283 Å². The van der Waals surface area contributed by atoms with Gasteiger partial charge in [-0.15, -0.1) is 0 Å². The van der Waals surface area contributed by atoms with Gasteiger partial charge < -0.3 is 0 Å². The molecule has 0 atom stereocenters. The molecule has 0 fully saturated rings. The molecular weight excluding hydrogens is 551 g/mol. The molecule has 0 saturated heterocycles. The van der Waals surface area contributed by atoms with E-state index in [0.717, 1.165) is 13.2 Å². The second kappa shape index (κ2) is 37.8. The SMILES string of the molecule is CCCCCCCCCCCC[PH](CCCCCCCCCCCC)(CCCCCCCCCCCC)CCOCCCC. The van der Waals surface area contributed by atoms with Crippen LogP contribution in [0.1, 0.15) is 233 Å². The summed E-state index contributed by atoms with van der Waals surface area (Å²) in [6.45, 7) is 11.3. The van der Waals surface area contributed by atoms with Crippen LogP contribution in [0.5, 0.6) is 0 Å². The summed E-state index contributed by atoms with van der Waals surface area (Å²) in [4.78, 5) is 0. The molecule has 44 heavy (non-hydrogen) atoms. The molecule has 0 aliphatic heterocycles. The average molecular weight is 641 g/mol. The second-order valence-electron chi connectivity index (χ2n) is 15.0. The van der Waals surface area contributed by atoms with Crippen molar-refractivity contribution in [3.8, 4) is 0 Å². The van der Waals surface area contributed by atoms with E-state index >= 15 is 0 Å². The summed E-state index contributed by atoms with van der Waals surface area (Å²) >= 11 is 0. The van der Waals surface area contributed by atoms with Gasteiger partial charge in [0, 0.05) is 0 Å². The Morgan fingerprint density at radius 1 is 0.250 bits per heavy atom. The molecule has 0 aromatic heterocycles. The molecule has 0 spiro atoms. The zero-order valence-electron chi connectivity index (χ0n) is 31.8. The Balaban J connectivity index is 4.72. The van der Waals surface area contributed by atoms with Crippen molar-refractivity contribution in [3.63, 3.8) is 0 Å². The van der Waals surface area contributed by atoms with Gasteiger partial charge in [-0.3, -0.25) is 0 Å². The molecule has 0 heterocycles. The van der Waals surface area contributed by atoms with E-state index in [0.29, 0.717) is 0 Å². The van der Waals surface area contributed by atoms with Crippen molar-refractivity contribution in [2.75, 3.05) is 37.9 Å². The zero-order chi connectivity index (χ0) is 32.1. The first-order valence-electron chi connectivity index (χ1n) is 21.3. The monoisotopic (exact) mass is 641 g/mol. The van der Waals surface area contributed by atoms with E-state index in [1.807, 2.05) is 0 Å². The zero-order valence-corrected chi connectivity index (χ0v) is 32.8. The molecule has 1 nitrogen and oxygen atoms in total. The first-order chi connectivity index (χ1) is 21.7. The summed E-state index contributed by atoms with van der Waals surface area (Å²) in [5, 5.41) is 0. The summed E-state index contributed by atoms with van der Waals surface area (Å²) < 4.78 is 6.26. The fraction of sp³-hybridized carbons (Fsp3) is 1.00. The van der Waals surface area contributed by atoms with E-state index in [-0.39, 0.29) is 0 Å². The van der Waals surface area contributed by atoms with Crippen molar-refractivity contribution >= 4 is 7.26 Å². The van der Waals surface area contributed by atoms with Crippen LogP contribution >= 0.6 is 7.26 Å². The summed E-state index contributed by atoms with van der Waals surface area (Å²) in [5.74, 6) is 0. The Bertz CT molecular complexity index is 446. The van der Waals surface area contributed by atoms with Crippen LogP contribution in [0.2, 0.25) is 0 Å². The third-order valence-corrected chi connectivity index (χ3v) is 16.1. The fourth-order valence-electron chi connectivity index (χ4n) is 7.35. The molecule has 0 rings (SSSR count). The third kappa shape index (κ3) is 32.3. The van der Waals surface area contributed by atoms with Crippen molar-refractivity contribution < 1.29 is 4.74 Å². The van der Waals surface area contributed by atoms with E-state index in [1.54, 1.807) is 18.5 Å². The minimum atomic E-state index is -1.25. The van der Waals surface area contributed by atoms with Crippen molar-refractivity contribution in [2.45, 2.75) is 233 Å². The van der Waals surface area contributed by atoms with E-state index in [4.69, 9.17) is 4.74 Å². The Labute approximate surface area is 282 Å². The Morgan fingerprint density at radius 2 is 0.500 bits per heavy atom. The average Bonchev–Trinajstić information content (AvgIpc) is 3.03. The van der Waals surface area contributed by atoms with Crippen LogP contribution in [0.15, 0.2) is 0 Å². The quantitative estimate of drug-likeness (QED) is 0.0480. The van der Waals surface area contributed by atoms with E-state index in [1.165, 1.54) is 212 Å². The van der Waals surface area contributed by atoms with Gasteiger partial charge in [0.1, 0.15) is 0 Å². The molecular formula is C42H89OP. The van der Waals surface area contributed by atoms with Gasteiger partial charge in [-0.2, -0.15) is 0 Å². The Morgan fingerprint density at radius 3 is 0.773 bits per heavy atom. The summed E-state index contributed by atoms with van der Waals surface area (Å²) in [5.41, 5.74) is 0. The van der Waals surface area contributed by atoms with Gasteiger partial charge in [0.25, 0.3) is 0 Å². The topological polar surface area (TPSA) is 9.23 Å². The van der Waals surface area contributed by atoms with Crippen LogP contribution in [-0.4, -0.2) is 37.9 Å². The first-order valence-corrected chi connectivity index (χ1v) is 24.1. The van der Waals surface area contributed by atoms with E-state index in [9.17, 15) is 0 Å². The number of hydrogen-bond donors (Lipinski definition) is 0. The Hall–Kier alpha value is 0.390. The molecule has 0 bridgehead atoms. The molecule has 0 aromatic rings. The van der Waals surface area contributed by atoms with Crippen molar-refractivity contribution in [1.82, 2.24) is 0 Å². The predicted octanol–water partition coefficient (Wildman–Crippen LogP) is 15.3. The molecule has 0 unspecified atom stereocenters. The maximum atomic E-state index is 6.26. The van der Waals surface area contributed by atoms with Gasteiger partial charge in [0.2, 0.25) is 0 Å². The fourth-order valence-corrected chi connectivity index (χ4v) is 12.4. The summed E-state index contributed by atoms with van der Waals surface area (Å²) in [7, 11) is -1.25. The van der Waals surface area contributed by atoms with E-state index in [2.05, 4.69) is 27.7 Å². The normalized spacial score (nSPS) is 12.4. The maximum absolute atomic E-state index is 6.26. The predicted molar refractivity (Wildman–Crippen MR) is 209 cm³/mol. The van der Waals surface area contributed by atoms with Gasteiger partial charge in [0.05, 0.1) is 0 Å². The summed E-state index contributed by atoms with van der Waals surface area (Å²) in [6.07, 6.45) is 52.8. The van der Waals surface area contributed by atoms with Gasteiger partial charge in [0.15, 0.2) is 0 Å². The molecule has 0 aliphatic carbocycles. The van der Waals surface area contributed by atoms with E-state index < -0.39 is 7.26 Å². The minimum absolute atomic E-state index is 0.996. The van der Waals surface area contributed by atoms with Gasteiger partial charge in [-0.25, -0.2) is 0 Å². The van der Waals surface area contributed by atoms with Crippen LogP contribution in [0.25, 0.3) is 0 Å². The Kier molecular flexibility index (Phi) is 38.2. The molecule has 0 N–H and O–H groups in total. The van der Waals surface area contributed by atoms with Crippen LogP contribution in [0.3, 0.4) is 0 Å². The molecule has 0 amide bonds. The van der Waals surface area contributed by atoms with Crippen molar-refractivity contribution in [1.29, 1.82) is 0 Å². The molecule has 0 aliphatic rings. The molecule has 0 aromatic carbocycles. The standard InChI is InChI=1S/C42H89OP/c1-5-9-13-16-19-22-25-28-31-34-39-44(42-38-43-37-12-8-4,40-35-32-29-26-23-20-17-14-10-6-2)41-36-33-30-27-24-21-18-15-11-7-3/h44H,5-42H2,1-4H3. The summed E-state index contributed by atoms with van der Waals surface area (Å²) in [6, 6.07) is 0. The second-order valence-corrected chi connectivity index (χ2v) is 20.0. The van der Waals surface area contributed by atoms with Gasteiger partial charge in [-0.05, 0) is 0 Å². The third-order valence-electron chi connectivity index (χ3n) is 10.6. The van der Waals surface area contributed by atoms with Crippen molar-refractivity contribution in [2.24, 2.45) is 0 Å². The molecule has 2 heteroatoms. The van der Waals surface area contributed by atoms with Gasteiger partial charge in [-0.1, -0.05) is 0 Å². The molecule has 0 radical (unpaired) electrons. The number of ether oxygens (including phenoxy) is 1. The molecule has 268 valence electrons. The van der Waals surface area contributed by atoms with Crippen LogP contribution < -0.4 is 0 Å². The number of rotatable bonds is 39. The number of unbranched alkanes of at least 4 members (excludes halogenated alkanes) is 28.